The number of aryl methyl sites for hydroxylation is 2. The summed E-state index contributed by atoms with van der Waals surface area (Å²) in [5, 5.41) is 0.881. The molecule has 1 saturated heterocycles. The third-order valence-electron chi connectivity index (χ3n) is 6.34. The van der Waals surface area contributed by atoms with Crippen LogP contribution in [0.4, 0.5) is 5.69 Å². The Morgan fingerprint density at radius 3 is 2.39 bits per heavy atom. The number of hydrogen-bond donors (Lipinski definition) is 0. The molecular formula is C28H26BrN3O. The molecular weight excluding hydrogens is 474 g/mol. The molecule has 0 saturated carbocycles. The maximum absolute atomic E-state index is 13.7. The van der Waals surface area contributed by atoms with Gasteiger partial charge in [0, 0.05) is 47.3 Å². The van der Waals surface area contributed by atoms with E-state index in [9.17, 15) is 4.79 Å². The molecule has 5 heteroatoms. The second kappa shape index (κ2) is 8.99. The first kappa shape index (κ1) is 21.7. The van der Waals surface area contributed by atoms with Crippen LogP contribution in [0.5, 0.6) is 0 Å². The number of carbonyl (C=O) groups is 1. The first-order chi connectivity index (χ1) is 16.0. The molecule has 4 aromatic rings. The standard InChI is InChI=1S/C28H26BrN3O/c1-19-8-9-20(2)27(16-19)31-12-14-32(15-13-31)28(33)24-18-26(21-6-4-3-5-7-21)30-25-11-10-22(29)17-23(24)25/h3-11,16-18H,12-15H2,1-2H3. The average Bonchev–Trinajstić information content (AvgIpc) is 2.85. The minimum atomic E-state index is 0.0679. The fourth-order valence-corrected chi connectivity index (χ4v) is 4.87. The van der Waals surface area contributed by atoms with Crippen LogP contribution in [0.2, 0.25) is 0 Å². The lowest BCUT2D eigenvalue weighted by Crippen LogP contribution is -2.49. The molecule has 3 aromatic carbocycles. The van der Waals surface area contributed by atoms with Gasteiger partial charge < -0.3 is 9.80 Å². The summed E-state index contributed by atoms with van der Waals surface area (Å²) in [5.41, 5.74) is 7.18. The lowest BCUT2D eigenvalue weighted by molar-refractivity contribution is 0.0748. The van der Waals surface area contributed by atoms with Gasteiger partial charge in [0.25, 0.3) is 5.91 Å². The average molecular weight is 500 g/mol. The van der Waals surface area contributed by atoms with Crippen LogP contribution >= 0.6 is 15.9 Å². The van der Waals surface area contributed by atoms with Crippen LogP contribution in [0.15, 0.2) is 77.3 Å². The van der Waals surface area contributed by atoms with Crippen molar-refractivity contribution < 1.29 is 4.79 Å². The number of piperazine rings is 1. The topological polar surface area (TPSA) is 36.4 Å². The van der Waals surface area contributed by atoms with E-state index in [1.807, 2.05) is 59.5 Å². The number of nitrogens with zero attached hydrogens (tertiary/aromatic N) is 3. The highest BCUT2D eigenvalue weighted by molar-refractivity contribution is 9.10. The molecule has 0 radical (unpaired) electrons. The second-order valence-electron chi connectivity index (χ2n) is 8.65. The summed E-state index contributed by atoms with van der Waals surface area (Å²) in [7, 11) is 0. The van der Waals surface area contributed by atoms with Gasteiger partial charge in [-0.05, 0) is 55.3 Å². The first-order valence-corrected chi connectivity index (χ1v) is 12.1. The number of amides is 1. The first-order valence-electron chi connectivity index (χ1n) is 11.3. The monoisotopic (exact) mass is 499 g/mol. The molecule has 1 aliphatic heterocycles. The third kappa shape index (κ3) is 4.38. The van der Waals surface area contributed by atoms with Crippen LogP contribution in [-0.2, 0) is 0 Å². The maximum Gasteiger partial charge on any atom is 0.254 e. The summed E-state index contributed by atoms with van der Waals surface area (Å²) in [5.74, 6) is 0.0679. The highest BCUT2D eigenvalue weighted by Gasteiger charge is 2.25. The number of fused-ring (bicyclic) bond motifs is 1. The van der Waals surface area contributed by atoms with Crippen molar-refractivity contribution in [1.29, 1.82) is 0 Å². The van der Waals surface area contributed by atoms with Gasteiger partial charge in [-0.3, -0.25) is 4.79 Å². The number of anilines is 1. The molecule has 33 heavy (non-hydrogen) atoms. The van der Waals surface area contributed by atoms with Crippen molar-refractivity contribution in [2.45, 2.75) is 13.8 Å². The van der Waals surface area contributed by atoms with Crippen molar-refractivity contribution in [3.63, 3.8) is 0 Å². The summed E-state index contributed by atoms with van der Waals surface area (Å²) < 4.78 is 0.943. The molecule has 0 spiro atoms. The Balaban J connectivity index is 1.46. The lowest BCUT2D eigenvalue weighted by Gasteiger charge is -2.37. The van der Waals surface area contributed by atoms with E-state index >= 15 is 0 Å². The molecule has 1 aromatic heterocycles. The number of halogens is 1. The van der Waals surface area contributed by atoms with Gasteiger partial charge in [0.2, 0.25) is 0 Å². The predicted molar refractivity (Wildman–Crippen MR) is 139 cm³/mol. The van der Waals surface area contributed by atoms with Gasteiger partial charge >= 0.3 is 0 Å². The zero-order valence-electron chi connectivity index (χ0n) is 18.9. The number of benzene rings is 3. The van der Waals surface area contributed by atoms with E-state index < -0.39 is 0 Å². The fraction of sp³-hybridized carbons (Fsp3) is 0.214. The molecule has 0 aliphatic carbocycles. The minimum Gasteiger partial charge on any atom is -0.368 e. The summed E-state index contributed by atoms with van der Waals surface area (Å²) >= 11 is 3.56. The van der Waals surface area contributed by atoms with Gasteiger partial charge in [0.05, 0.1) is 16.8 Å². The molecule has 2 heterocycles. The van der Waals surface area contributed by atoms with Crippen LogP contribution in [0.3, 0.4) is 0 Å². The Labute approximate surface area is 203 Å². The smallest absolute Gasteiger partial charge is 0.254 e. The normalized spacial score (nSPS) is 14.0. The van der Waals surface area contributed by atoms with Gasteiger partial charge in [-0.15, -0.1) is 0 Å². The molecule has 0 atom stereocenters. The largest absolute Gasteiger partial charge is 0.368 e. The van der Waals surface area contributed by atoms with Crippen LogP contribution in [0.1, 0.15) is 21.5 Å². The molecule has 166 valence electrons. The van der Waals surface area contributed by atoms with Crippen molar-refractivity contribution in [1.82, 2.24) is 9.88 Å². The number of pyridine rings is 1. The summed E-state index contributed by atoms with van der Waals surface area (Å²) in [6.45, 7) is 7.33. The highest BCUT2D eigenvalue weighted by Crippen LogP contribution is 2.29. The van der Waals surface area contributed by atoms with E-state index in [4.69, 9.17) is 4.98 Å². The number of aromatic nitrogens is 1. The highest BCUT2D eigenvalue weighted by atomic mass is 79.9. The zero-order chi connectivity index (χ0) is 22.9. The van der Waals surface area contributed by atoms with E-state index in [0.29, 0.717) is 18.7 Å². The Kier molecular flexibility index (Phi) is 5.90. The van der Waals surface area contributed by atoms with Crippen LogP contribution in [0, 0.1) is 13.8 Å². The van der Waals surface area contributed by atoms with E-state index in [2.05, 4.69) is 52.9 Å². The number of carbonyl (C=O) groups excluding carboxylic acids is 1. The summed E-state index contributed by atoms with van der Waals surface area (Å²) in [4.78, 5) is 23.0. The zero-order valence-corrected chi connectivity index (χ0v) is 20.5. The van der Waals surface area contributed by atoms with Gasteiger partial charge in [-0.2, -0.15) is 0 Å². The van der Waals surface area contributed by atoms with Crippen molar-refractivity contribution in [2.24, 2.45) is 0 Å². The Hall–Kier alpha value is -3.18. The van der Waals surface area contributed by atoms with Gasteiger partial charge in [-0.25, -0.2) is 4.98 Å². The second-order valence-corrected chi connectivity index (χ2v) is 9.57. The van der Waals surface area contributed by atoms with E-state index in [1.54, 1.807) is 0 Å². The SMILES string of the molecule is Cc1ccc(C)c(N2CCN(C(=O)c3cc(-c4ccccc4)nc4ccc(Br)cc34)CC2)c1. The van der Waals surface area contributed by atoms with Crippen molar-refractivity contribution in [3.8, 4) is 11.3 Å². The third-order valence-corrected chi connectivity index (χ3v) is 6.84. The molecule has 0 bridgehead atoms. The molecule has 1 aliphatic rings. The number of rotatable bonds is 3. The van der Waals surface area contributed by atoms with Crippen molar-refractivity contribution >= 4 is 38.4 Å². The molecule has 4 nitrogen and oxygen atoms in total. The Morgan fingerprint density at radius 1 is 0.879 bits per heavy atom. The number of hydrogen-bond acceptors (Lipinski definition) is 3. The van der Waals surface area contributed by atoms with E-state index in [1.165, 1.54) is 16.8 Å². The summed E-state index contributed by atoms with van der Waals surface area (Å²) in [6, 6.07) is 24.5. The molecule has 0 N–H and O–H groups in total. The van der Waals surface area contributed by atoms with E-state index in [-0.39, 0.29) is 5.91 Å². The van der Waals surface area contributed by atoms with Crippen LogP contribution in [0.25, 0.3) is 22.2 Å². The maximum atomic E-state index is 13.7. The van der Waals surface area contributed by atoms with Gasteiger partial charge in [0.1, 0.15) is 0 Å². The van der Waals surface area contributed by atoms with Gasteiger partial charge in [0.15, 0.2) is 0 Å². The van der Waals surface area contributed by atoms with E-state index in [0.717, 1.165) is 39.7 Å². The quantitative estimate of drug-likeness (QED) is 0.334. The Bertz CT molecular complexity index is 1330. The molecule has 5 rings (SSSR count). The lowest BCUT2D eigenvalue weighted by atomic mass is 10.0. The summed E-state index contributed by atoms with van der Waals surface area (Å²) in [6.07, 6.45) is 0. The van der Waals surface area contributed by atoms with Crippen molar-refractivity contribution in [2.75, 3.05) is 31.1 Å². The molecule has 1 amide bonds. The molecule has 1 fully saturated rings. The molecule has 0 unspecified atom stereocenters. The minimum absolute atomic E-state index is 0.0679. The van der Waals surface area contributed by atoms with Crippen LogP contribution in [-0.4, -0.2) is 42.0 Å². The Morgan fingerprint density at radius 2 is 1.64 bits per heavy atom. The fourth-order valence-electron chi connectivity index (χ4n) is 4.51. The van der Waals surface area contributed by atoms with Crippen molar-refractivity contribution in [3.05, 3.63) is 94.0 Å². The predicted octanol–water partition coefficient (Wildman–Crippen LogP) is 6.24. The van der Waals surface area contributed by atoms with Gasteiger partial charge in [-0.1, -0.05) is 58.4 Å². The van der Waals surface area contributed by atoms with Crippen LogP contribution < -0.4 is 4.90 Å².